The first-order valence-electron chi connectivity index (χ1n) is 5.91. The van der Waals surface area contributed by atoms with Crippen molar-refractivity contribution in [2.24, 2.45) is 5.73 Å². The van der Waals surface area contributed by atoms with E-state index in [0.717, 1.165) is 16.8 Å². The van der Waals surface area contributed by atoms with Crippen LogP contribution in [0.4, 0.5) is 0 Å². The van der Waals surface area contributed by atoms with E-state index in [0.29, 0.717) is 19.6 Å². The summed E-state index contributed by atoms with van der Waals surface area (Å²) in [7, 11) is 0. The monoisotopic (exact) mass is 261 g/mol. The molecular weight excluding hydrogens is 246 g/mol. The Balaban J connectivity index is 2.26. The van der Waals surface area contributed by atoms with Gasteiger partial charge >= 0.3 is 0 Å². The zero-order valence-corrected chi connectivity index (χ0v) is 10.8. The van der Waals surface area contributed by atoms with E-state index in [-0.39, 0.29) is 0 Å². The van der Waals surface area contributed by atoms with Crippen LogP contribution in [0, 0.1) is 0 Å². The van der Waals surface area contributed by atoms with E-state index in [1.807, 2.05) is 30.3 Å². The van der Waals surface area contributed by atoms with Gasteiger partial charge in [0.05, 0.1) is 5.69 Å². The summed E-state index contributed by atoms with van der Waals surface area (Å²) >= 11 is 6.11. The van der Waals surface area contributed by atoms with Crippen LogP contribution in [-0.2, 0) is 6.54 Å². The highest BCUT2D eigenvalue weighted by atomic mass is 35.5. The molecular formula is C14H16ClN3. The summed E-state index contributed by atoms with van der Waals surface area (Å²) in [6.07, 6.45) is 1.80. The maximum Gasteiger partial charge on any atom is 0.0705 e. The van der Waals surface area contributed by atoms with Crippen molar-refractivity contribution in [3.8, 4) is 11.3 Å². The Morgan fingerprint density at radius 2 is 1.89 bits per heavy atom. The Hall–Kier alpha value is -1.42. The van der Waals surface area contributed by atoms with E-state index < -0.39 is 0 Å². The van der Waals surface area contributed by atoms with E-state index in [9.17, 15) is 0 Å². The Kier molecular flexibility index (Phi) is 4.70. The smallest absolute Gasteiger partial charge is 0.0705 e. The van der Waals surface area contributed by atoms with Gasteiger partial charge in [-0.15, -0.1) is 0 Å². The van der Waals surface area contributed by atoms with Gasteiger partial charge in [0.1, 0.15) is 0 Å². The third-order valence-electron chi connectivity index (χ3n) is 2.67. The van der Waals surface area contributed by atoms with Crippen molar-refractivity contribution in [1.82, 2.24) is 9.40 Å². The van der Waals surface area contributed by atoms with Crippen molar-refractivity contribution in [2.75, 3.05) is 13.1 Å². The van der Waals surface area contributed by atoms with Gasteiger partial charge in [0.25, 0.3) is 0 Å². The summed E-state index contributed by atoms with van der Waals surface area (Å²) in [4.78, 5) is 4.38. The lowest BCUT2D eigenvalue weighted by atomic mass is 10.0. The normalized spacial score (nSPS) is 10.8. The Morgan fingerprint density at radius 3 is 2.61 bits per heavy atom. The number of hydrogen-bond acceptors (Lipinski definition) is 3. The van der Waals surface area contributed by atoms with E-state index in [2.05, 4.69) is 17.1 Å². The molecule has 3 nitrogen and oxygen atoms in total. The minimum absolute atomic E-state index is 0.551. The van der Waals surface area contributed by atoms with Crippen molar-refractivity contribution in [1.29, 1.82) is 0 Å². The molecule has 0 aliphatic rings. The quantitative estimate of drug-likeness (QED) is 0.842. The number of nitrogens with two attached hydrogens (primary N) is 1. The lowest BCUT2D eigenvalue weighted by molar-refractivity contribution is 0.461. The zero-order valence-electron chi connectivity index (χ0n) is 10.1. The fourth-order valence-corrected chi connectivity index (χ4v) is 2.06. The first-order valence-corrected chi connectivity index (χ1v) is 6.25. The molecule has 0 bridgehead atoms. The second kappa shape index (κ2) is 6.50. The number of hydrogen-bond donors (Lipinski definition) is 1. The van der Waals surface area contributed by atoms with Gasteiger partial charge in [0, 0.05) is 31.4 Å². The van der Waals surface area contributed by atoms with Gasteiger partial charge in [-0.1, -0.05) is 30.3 Å². The van der Waals surface area contributed by atoms with Gasteiger partial charge in [-0.3, -0.25) is 4.98 Å². The summed E-state index contributed by atoms with van der Waals surface area (Å²) < 4.78 is 1.70. The molecule has 2 aromatic rings. The van der Waals surface area contributed by atoms with Gasteiger partial charge in [0.15, 0.2) is 0 Å². The van der Waals surface area contributed by atoms with E-state index in [1.165, 1.54) is 0 Å². The summed E-state index contributed by atoms with van der Waals surface area (Å²) in [5.74, 6) is 0. The molecule has 1 aromatic heterocycles. The molecule has 0 atom stereocenters. The number of halogens is 1. The second-order valence-electron chi connectivity index (χ2n) is 4.01. The fraction of sp³-hybridized carbons (Fsp3) is 0.214. The molecule has 0 saturated carbocycles. The average Bonchev–Trinajstić information content (AvgIpc) is 2.40. The van der Waals surface area contributed by atoms with Gasteiger partial charge in [-0.05, 0) is 29.5 Å². The van der Waals surface area contributed by atoms with Gasteiger partial charge in [-0.2, -0.15) is 0 Å². The molecule has 0 radical (unpaired) electrons. The molecule has 0 spiro atoms. The molecule has 2 N–H and O–H groups in total. The first-order chi connectivity index (χ1) is 8.81. The number of nitrogens with zero attached hydrogens (tertiary/aromatic N) is 2. The lowest BCUT2D eigenvalue weighted by Gasteiger charge is -2.15. The topological polar surface area (TPSA) is 42.1 Å². The van der Waals surface area contributed by atoms with Crippen molar-refractivity contribution in [2.45, 2.75) is 6.54 Å². The largest absolute Gasteiger partial charge is 0.329 e. The van der Waals surface area contributed by atoms with Gasteiger partial charge < -0.3 is 5.73 Å². The van der Waals surface area contributed by atoms with Gasteiger partial charge in [-0.25, -0.2) is 4.42 Å². The Bertz CT molecular complexity index is 487. The van der Waals surface area contributed by atoms with E-state index in [1.54, 1.807) is 10.6 Å². The SMILES string of the molecule is NCCN(Cl)Cc1ccccc1-c1ccccn1. The maximum absolute atomic E-state index is 6.11. The van der Waals surface area contributed by atoms with E-state index in [4.69, 9.17) is 17.5 Å². The predicted molar refractivity (Wildman–Crippen MR) is 75.0 cm³/mol. The van der Waals surface area contributed by atoms with E-state index >= 15 is 0 Å². The molecule has 0 saturated heterocycles. The Labute approximate surface area is 112 Å². The van der Waals surface area contributed by atoms with Crippen LogP contribution in [0.1, 0.15) is 5.56 Å². The number of benzene rings is 1. The molecule has 0 aliphatic carbocycles. The molecule has 1 heterocycles. The minimum Gasteiger partial charge on any atom is -0.329 e. The molecule has 1 aromatic carbocycles. The Morgan fingerprint density at radius 1 is 1.11 bits per heavy atom. The molecule has 2 rings (SSSR count). The van der Waals surface area contributed by atoms with Crippen LogP contribution in [0.25, 0.3) is 11.3 Å². The van der Waals surface area contributed by atoms with Crippen molar-refractivity contribution in [3.05, 3.63) is 54.2 Å². The highest BCUT2D eigenvalue weighted by Gasteiger charge is 2.08. The minimum atomic E-state index is 0.551. The fourth-order valence-electron chi connectivity index (χ4n) is 1.83. The lowest BCUT2D eigenvalue weighted by Crippen LogP contribution is -2.20. The first kappa shape index (κ1) is 13.0. The third-order valence-corrected chi connectivity index (χ3v) is 2.96. The van der Waals surface area contributed by atoms with Crippen LogP contribution in [0.3, 0.4) is 0 Å². The van der Waals surface area contributed by atoms with Crippen LogP contribution in [0.5, 0.6) is 0 Å². The molecule has 0 amide bonds. The molecule has 0 aliphatic heterocycles. The molecule has 4 heteroatoms. The van der Waals surface area contributed by atoms with Crippen LogP contribution < -0.4 is 5.73 Å². The standard InChI is InChI=1S/C14H16ClN3/c15-18(10-8-16)11-12-5-1-2-6-13(12)14-7-3-4-9-17-14/h1-7,9H,8,10-11,16H2. The highest BCUT2D eigenvalue weighted by molar-refractivity contribution is 6.13. The van der Waals surface area contributed by atoms with Crippen molar-refractivity contribution in [3.63, 3.8) is 0 Å². The number of rotatable bonds is 5. The number of pyridine rings is 1. The summed E-state index contributed by atoms with van der Waals surface area (Å²) in [5, 5.41) is 0. The second-order valence-corrected chi connectivity index (χ2v) is 4.48. The van der Waals surface area contributed by atoms with Gasteiger partial charge in [0.2, 0.25) is 0 Å². The number of aromatic nitrogens is 1. The van der Waals surface area contributed by atoms with Crippen LogP contribution in [0.15, 0.2) is 48.7 Å². The maximum atomic E-state index is 6.11. The van der Waals surface area contributed by atoms with Crippen LogP contribution in [0.2, 0.25) is 0 Å². The summed E-state index contributed by atoms with van der Waals surface area (Å²) in [5.41, 5.74) is 8.72. The van der Waals surface area contributed by atoms with Crippen molar-refractivity contribution < 1.29 is 0 Å². The summed E-state index contributed by atoms with van der Waals surface area (Å²) in [6, 6.07) is 14.0. The van der Waals surface area contributed by atoms with Crippen molar-refractivity contribution >= 4 is 11.8 Å². The average molecular weight is 262 g/mol. The predicted octanol–water partition coefficient (Wildman–Crippen LogP) is 2.66. The molecule has 18 heavy (non-hydrogen) atoms. The zero-order chi connectivity index (χ0) is 12.8. The van der Waals surface area contributed by atoms with Crippen LogP contribution in [-0.4, -0.2) is 22.5 Å². The molecule has 94 valence electrons. The highest BCUT2D eigenvalue weighted by Crippen LogP contribution is 2.22. The van der Waals surface area contributed by atoms with Crippen LogP contribution >= 0.6 is 11.8 Å². The molecule has 0 unspecified atom stereocenters. The molecule has 0 fully saturated rings. The third kappa shape index (κ3) is 3.29. The summed E-state index contributed by atoms with van der Waals surface area (Å²) in [6.45, 7) is 1.87.